The second kappa shape index (κ2) is 5.43. The van der Waals surface area contributed by atoms with Crippen LogP contribution in [-0.4, -0.2) is 37.6 Å². The zero-order chi connectivity index (χ0) is 14.8. The number of hydrogen-bond donors (Lipinski definition) is 1. The first-order chi connectivity index (χ1) is 10.1. The number of carboxylic acid groups (broad SMARTS) is 1. The van der Waals surface area contributed by atoms with Crippen molar-refractivity contribution in [3.63, 3.8) is 0 Å². The molecule has 0 atom stereocenters. The molecule has 0 saturated heterocycles. The molecule has 2 aromatic rings. The molecule has 7 heteroatoms. The summed E-state index contributed by atoms with van der Waals surface area (Å²) in [6.07, 6.45) is 1.51. The minimum Gasteiger partial charge on any atom is -0.487 e. The van der Waals surface area contributed by atoms with Crippen molar-refractivity contribution >= 4 is 6.09 Å². The van der Waals surface area contributed by atoms with Gasteiger partial charge in [-0.15, -0.1) is 5.10 Å². The summed E-state index contributed by atoms with van der Waals surface area (Å²) in [5.74, 6) is 0.777. The zero-order valence-corrected chi connectivity index (χ0v) is 11.7. The van der Waals surface area contributed by atoms with Gasteiger partial charge in [-0.3, -0.25) is 0 Å². The molecule has 0 fully saturated rings. The van der Waals surface area contributed by atoms with Crippen molar-refractivity contribution in [2.45, 2.75) is 19.6 Å². The highest BCUT2D eigenvalue weighted by molar-refractivity contribution is 5.65. The van der Waals surface area contributed by atoms with Crippen LogP contribution in [0.25, 0.3) is 0 Å². The summed E-state index contributed by atoms with van der Waals surface area (Å²) in [5, 5.41) is 16.7. The molecule has 0 saturated carbocycles. The zero-order valence-electron chi connectivity index (χ0n) is 11.7. The van der Waals surface area contributed by atoms with Crippen LogP contribution in [-0.2, 0) is 26.6 Å². The first-order valence-electron chi connectivity index (χ1n) is 6.69. The van der Waals surface area contributed by atoms with Crippen LogP contribution in [0.2, 0.25) is 0 Å². The molecule has 0 spiro atoms. The Hall–Kier alpha value is -2.57. The Labute approximate surface area is 121 Å². The molecule has 2 heterocycles. The van der Waals surface area contributed by atoms with Gasteiger partial charge in [0.15, 0.2) is 0 Å². The maximum absolute atomic E-state index is 11.0. The maximum Gasteiger partial charge on any atom is 0.407 e. The lowest BCUT2D eigenvalue weighted by Crippen LogP contribution is -2.34. The summed E-state index contributed by atoms with van der Waals surface area (Å²) >= 11 is 0. The lowest BCUT2D eigenvalue weighted by Gasteiger charge is -2.26. The van der Waals surface area contributed by atoms with Crippen molar-refractivity contribution in [1.29, 1.82) is 0 Å². The number of ether oxygens (including phenoxy) is 1. The quantitative estimate of drug-likeness (QED) is 0.924. The van der Waals surface area contributed by atoms with Gasteiger partial charge in [0, 0.05) is 20.1 Å². The van der Waals surface area contributed by atoms with E-state index in [-0.39, 0.29) is 0 Å². The number of hydrogen-bond acceptors (Lipinski definition) is 4. The number of nitrogens with zero attached hydrogens (tertiary/aromatic N) is 4. The van der Waals surface area contributed by atoms with Crippen molar-refractivity contribution < 1.29 is 14.6 Å². The molecule has 7 nitrogen and oxygen atoms in total. The molecule has 3 rings (SSSR count). The largest absolute Gasteiger partial charge is 0.487 e. The third kappa shape index (κ3) is 2.81. The number of benzene rings is 1. The first kappa shape index (κ1) is 13.4. The lowest BCUT2D eigenvalue weighted by atomic mass is 10.00. The van der Waals surface area contributed by atoms with Gasteiger partial charge < -0.3 is 14.7 Å². The minimum atomic E-state index is -0.871. The predicted octanol–water partition coefficient (Wildman–Crippen LogP) is 1.43. The SMILES string of the molecule is Cn1nncc1COc1ccc2c(c1)CCN(C(=O)O)C2. The molecular formula is C14H16N4O3. The van der Waals surface area contributed by atoms with Crippen LogP contribution in [0.1, 0.15) is 16.8 Å². The Morgan fingerprint density at radius 1 is 1.43 bits per heavy atom. The average molecular weight is 288 g/mol. The van der Waals surface area contributed by atoms with E-state index in [9.17, 15) is 4.79 Å². The van der Waals surface area contributed by atoms with Crippen molar-refractivity contribution in [1.82, 2.24) is 19.9 Å². The summed E-state index contributed by atoms with van der Waals surface area (Å²) in [4.78, 5) is 12.4. The molecule has 1 amide bonds. The van der Waals surface area contributed by atoms with Gasteiger partial charge in [-0.05, 0) is 29.7 Å². The third-order valence-electron chi connectivity index (χ3n) is 3.66. The number of aromatic nitrogens is 3. The molecule has 0 bridgehead atoms. The number of fused-ring (bicyclic) bond motifs is 1. The minimum absolute atomic E-state index is 0.406. The second-order valence-electron chi connectivity index (χ2n) is 5.02. The molecule has 1 aliphatic rings. The van der Waals surface area contributed by atoms with E-state index in [1.165, 1.54) is 4.90 Å². The first-order valence-corrected chi connectivity index (χ1v) is 6.69. The van der Waals surface area contributed by atoms with Gasteiger partial charge in [-0.1, -0.05) is 11.3 Å². The van der Waals surface area contributed by atoms with Gasteiger partial charge in [0.05, 0.1) is 11.9 Å². The highest BCUT2D eigenvalue weighted by Gasteiger charge is 2.20. The van der Waals surface area contributed by atoms with E-state index in [1.807, 2.05) is 25.2 Å². The van der Waals surface area contributed by atoms with E-state index in [0.717, 1.165) is 22.6 Å². The van der Waals surface area contributed by atoms with E-state index >= 15 is 0 Å². The Morgan fingerprint density at radius 3 is 3.00 bits per heavy atom. The Balaban J connectivity index is 1.69. The topological polar surface area (TPSA) is 80.5 Å². The summed E-state index contributed by atoms with van der Waals surface area (Å²) in [7, 11) is 1.82. The van der Waals surface area contributed by atoms with Gasteiger partial charge in [-0.25, -0.2) is 9.48 Å². The fourth-order valence-corrected chi connectivity index (χ4v) is 2.38. The molecule has 110 valence electrons. The summed E-state index contributed by atoms with van der Waals surface area (Å²) in [5.41, 5.74) is 3.08. The van der Waals surface area contributed by atoms with Crippen LogP contribution in [0.4, 0.5) is 4.79 Å². The molecule has 0 aliphatic carbocycles. The molecule has 0 unspecified atom stereocenters. The van der Waals surface area contributed by atoms with Crippen LogP contribution in [0, 0.1) is 0 Å². The summed E-state index contributed by atoms with van der Waals surface area (Å²) < 4.78 is 7.41. The third-order valence-corrected chi connectivity index (χ3v) is 3.66. The van der Waals surface area contributed by atoms with Crippen LogP contribution >= 0.6 is 0 Å². The molecule has 21 heavy (non-hydrogen) atoms. The monoisotopic (exact) mass is 288 g/mol. The van der Waals surface area contributed by atoms with Crippen LogP contribution < -0.4 is 4.74 Å². The molecule has 1 N–H and O–H groups in total. The van der Waals surface area contributed by atoms with E-state index in [4.69, 9.17) is 9.84 Å². The van der Waals surface area contributed by atoms with Gasteiger partial charge >= 0.3 is 6.09 Å². The molecular weight excluding hydrogens is 272 g/mol. The standard InChI is InChI=1S/C14H16N4O3/c1-17-12(7-15-16-17)9-21-13-3-2-11-8-18(14(19)20)5-4-10(11)6-13/h2-3,6-7H,4-5,8-9H2,1H3,(H,19,20). The van der Waals surface area contributed by atoms with Gasteiger partial charge in [0.1, 0.15) is 12.4 Å². The predicted molar refractivity (Wildman–Crippen MR) is 73.9 cm³/mol. The number of carbonyl (C=O) groups is 1. The van der Waals surface area contributed by atoms with Crippen LogP contribution in [0.3, 0.4) is 0 Å². The fraction of sp³-hybridized carbons (Fsp3) is 0.357. The number of rotatable bonds is 3. The average Bonchev–Trinajstić information content (AvgIpc) is 2.89. The van der Waals surface area contributed by atoms with Gasteiger partial charge in [0.25, 0.3) is 0 Å². The molecule has 1 aromatic carbocycles. The Bertz CT molecular complexity index is 668. The summed E-state index contributed by atoms with van der Waals surface area (Å²) in [6.45, 7) is 1.37. The number of amides is 1. The molecule has 1 aromatic heterocycles. The van der Waals surface area contributed by atoms with Crippen molar-refractivity contribution in [3.05, 3.63) is 41.2 Å². The smallest absolute Gasteiger partial charge is 0.407 e. The Morgan fingerprint density at radius 2 is 2.29 bits per heavy atom. The van der Waals surface area contributed by atoms with E-state index in [2.05, 4.69) is 10.3 Å². The van der Waals surface area contributed by atoms with Gasteiger partial charge in [-0.2, -0.15) is 0 Å². The van der Waals surface area contributed by atoms with E-state index < -0.39 is 6.09 Å². The van der Waals surface area contributed by atoms with Crippen molar-refractivity contribution in [2.75, 3.05) is 6.54 Å². The fourth-order valence-electron chi connectivity index (χ4n) is 2.38. The molecule has 0 radical (unpaired) electrons. The van der Waals surface area contributed by atoms with E-state index in [1.54, 1.807) is 10.9 Å². The van der Waals surface area contributed by atoms with Crippen LogP contribution in [0.5, 0.6) is 5.75 Å². The highest BCUT2D eigenvalue weighted by atomic mass is 16.5. The second-order valence-corrected chi connectivity index (χ2v) is 5.02. The van der Waals surface area contributed by atoms with Gasteiger partial charge in [0.2, 0.25) is 0 Å². The van der Waals surface area contributed by atoms with Crippen molar-refractivity contribution in [3.8, 4) is 5.75 Å². The lowest BCUT2D eigenvalue weighted by molar-refractivity contribution is 0.140. The maximum atomic E-state index is 11.0. The van der Waals surface area contributed by atoms with Crippen LogP contribution in [0.15, 0.2) is 24.4 Å². The highest BCUT2D eigenvalue weighted by Crippen LogP contribution is 2.24. The molecule has 1 aliphatic heterocycles. The number of aryl methyl sites for hydroxylation is 1. The normalized spacial score (nSPS) is 13.9. The van der Waals surface area contributed by atoms with Crippen molar-refractivity contribution in [2.24, 2.45) is 7.05 Å². The van der Waals surface area contributed by atoms with E-state index in [0.29, 0.717) is 26.1 Å². The Kier molecular flexibility index (Phi) is 3.47. The summed E-state index contributed by atoms with van der Waals surface area (Å²) in [6, 6.07) is 5.79.